The van der Waals surface area contributed by atoms with Crippen molar-refractivity contribution >= 4 is 0 Å². The molecule has 106 valence electrons. The summed E-state index contributed by atoms with van der Waals surface area (Å²) >= 11 is 0. The summed E-state index contributed by atoms with van der Waals surface area (Å²) in [7, 11) is 0. The minimum absolute atomic E-state index is 0.449. The molecule has 0 spiro atoms. The number of benzene rings is 1. The maximum Gasteiger partial charge on any atom is 0.0294 e. The zero-order valence-electron chi connectivity index (χ0n) is 12.7. The van der Waals surface area contributed by atoms with Gasteiger partial charge in [-0.25, -0.2) is 0 Å². The molecule has 0 saturated carbocycles. The van der Waals surface area contributed by atoms with Gasteiger partial charge in [-0.1, -0.05) is 30.2 Å². The highest BCUT2D eigenvalue weighted by atomic mass is 15.1. The van der Waals surface area contributed by atoms with Gasteiger partial charge < -0.3 is 10.2 Å². The number of nitrogens with zero attached hydrogens (tertiary/aromatic N) is 1. The predicted octanol–water partition coefficient (Wildman–Crippen LogP) is 3.44. The van der Waals surface area contributed by atoms with Gasteiger partial charge in [0.05, 0.1) is 0 Å². The van der Waals surface area contributed by atoms with Crippen LogP contribution in [0.3, 0.4) is 0 Å². The number of likely N-dealkylation sites (tertiary alicyclic amines) is 1. The monoisotopic (exact) mass is 260 g/mol. The molecular formula is C17H28N2. The van der Waals surface area contributed by atoms with E-state index in [4.69, 9.17) is 0 Å². The van der Waals surface area contributed by atoms with Crippen molar-refractivity contribution in [3.8, 4) is 0 Å². The molecule has 1 aliphatic heterocycles. The Balaban J connectivity index is 1.78. The number of nitrogens with one attached hydrogen (secondary N) is 1. The van der Waals surface area contributed by atoms with E-state index >= 15 is 0 Å². The van der Waals surface area contributed by atoms with Crippen LogP contribution in [0.5, 0.6) is 0 Å². The van der Waals surface area contributed by atoms with Crippen LogP contribution in [0.25, 0.3) is 0 Å². The van der Waals surface area contributed by atoms with Crippen molar-refractivity contribution in [2.45, 2.75) is 46.1 Å². The third-order valence-electron chi connectivity index (χ3n) is 4.22. The average Bonchev–Trinajstić information content (AvgIpc) is 2.39. The fraction of sp³-hybridized carbons (Fsp3) is 0.647. The van der Waals surface area contributed by atoms with Crippen LogP contribution >= 0.6 is 0 Å². The van der Waals surface area contributed by atoms with E-state index in [0.717, 1.165) is 6.54 Å². The van der Waals surface area contributed by atoms with Crippen molar-refractivity contribution in [2.24, 2.45) is 0 Å². The van der Waals surface area contributed by atoms with Crippen molar-refractivity contribution in [1.82, 2.24) is 10.2 Å². The topological polar surface area (TPSA) is 15.3 Å². The first-order valence-electron chi connectivity index (χ1n) is 7.69. The number of rotatable bonds is 5. The molecular weight excluding hydrogens is 232 g/mol. The normalized spacial score (nSPS) is 18.5. The van der Waals surface area contributed by atoms with Crippen LogP contribution in [0.4, 0.5) is 0 Å². The highest BCUT2D eigenvalue weighted by Gasteiger charge is 2.11. The second-order valence-electron chi connectivity index (χ2n) is 5.94. The van der Waals surface area contributed by atoms with Gasteiger partial charge in [-0.3, -0.25) is 0 Å². The van der Waals surface area contributed by atoms with Crippen molar-refractivity contribution in [2.75, 3.05) is 26.2 Å². The van der Waals surface area contributed by atoms with Crippen molar-refractivity contribution in [3.63, 3.8) is 0 Å². The molecule has 1 unspecified atom stereocenters. The summed E-state index contributed by atoms with van der Waals surface area (Å²) < 4.78 is 0. The Hall–Kier alpha value is -0.860. The third-order valence-corrected chi connectivity index (χ3v) is 4.22. The summed E-state index contributed by atoms with van der Waals surface area (Å²) in [5, 5.41) is 3.66. The molecule has 1 aromatic rings. The fourth-order valence-corrected chi connectivity index (χ4v) is 3.04. The van der Waals surface area contributed by atoms with E-state index in [1.165, 1.54) is 55.6 Å². The van der Waals surface area contributed by atoms with E-state index in [0.29, 0.717) is 6.04 Å². The molecule has 1 aliphatic rings. The average molecular weight is 260 g/mol. The standard InChI is InChI=1S/C17H28N2/c1-14-7-8-17(15(2)13-14)16(3)18-9-12-19-10-5-4-6-11-19/h7-8,13,16,18H,4-6,9-12H2,1-3H3. The molecule has 0 bridgehead atoms. The first-order valence-corrected chi connectivity index (χ1v) is 7.69. The second-order valence-corrected chi connectivity index (χ2v) is 5.94. The number of hydrogen-bond acceptors (Lipinski definition) is 2. The minimum Gasteiger partial charge on any atom is -0.309 e. The first-order chi connectivity index (χ1) is 9.16. The molecule has 1 N–H and O–H groups in total. The number of hydrogen-bond donors (Lipinski definition) is 1. The van der Waals surface area contributed by atoms with E-state index in [-0.39, 0.29) is 0 Å². The van der Waals surface area contributed by atoms with E-state index in [9.17, 15) is 0 Å². The molecule has 1 heterocycles. The maximum atomic E-state index is 3.66. The lowest BCUT2D eigenvalue weighted by Gasteiger charge is -2.27. The first kappa shape index (κ1) is 14.5. The van der Waals surface area contributed by atoms with Crippen molar-refractivity contribution in [3.05, 3.63) is 34.9 Å². The van der Waals surface area contributed by atoms with Crippen LogP contribution < -0.4 is 5.32 Å². The Labute approximate surface area is 118 Å². The van der Waals surface area contributed by atoms with Crippen LogP contribution in [-0.2, 0) is 0 Å². The van der Waals surface area contributed by atoms with Gasteiger partial charge in [0.15, 0.2) is 0 Å². The summed E-state index contributed by atoms with van der Waals surface area (Å²) in [6, 6.07) is 7.21. The van der Waals surface area contributed by atoms with Gasteiger partial charge in [-0.05, 0) is 57.8 Å². The van der Waals surface area contributed by atoms with E-state index in [1.54, 1.807) is 0 Å². The molecule has 0 aromatic heterocycles. The SMILES string of the molecule is Cc1ccc(C(C)NCCN2CCCCC2)c(C)c1. The summed E-state index contributed by atoms with van der Waals surface area (Å²) in [5.74, 6) is 0. The lowest BCUT2D eigenvalue weighted by atomic mass is 10.0. The van der Waals surface area contributed by atoms with Gasteiger partial charge in [-0.15, -0.1) is 0 Å². The third kappa shape index (κ3) is 4.32. The molecule has 2 heteroatoms. The van der Waals surface area contributed by atoms with Crippen LogP contribution in [0.15, 0.2) is 18.2 Å². The molecule has 1 fully saturated rings. The Morgan fingerprint density at radius 1 is 1.16 bits per heavy atom. The largest absolute Gasteiger partial charge is 0.309 e. The fourth-order valence-electron chi connectivity index (χ4n) is 3.04. The molecule has 2 rings (SSSR count). The molecule has 0 radical (unpaired) electrons. The molecule has 1 atom stereocenters. The number of piperidine rings is 1. The second kappa shape index (κ2) is 7.06. The van der Waals surface area contributed by atoms with E-state index in [1.807, 2.05) is 0 Å². The smallest absolute Gasteiger partial charge is 0.0294 e. The van der Waals surface area contributed by atoms with Gasteiger partial charge in [0.25, 0.3) is 0 Å². The molecule has 19 heavy (non-hydrogen) atoms. The van der Waals surface area contributed by atoms with Crippen molar-refractivity contribution < 1.29 is 0 Å². The van der Waals surface area contributed by atoms with Crippen LogP contribution in [0.1, 0.15) is 48.9 Å². The zero-order chi connectivity index (χ0) is 13.7. The van der Waals surface area contributed by atoms with Crippen LogP contribution in [-0.4, -0.2) is 31.1 Å². The minimum atomic E-state index is 0.449. The molecule has 0 aliphatic carbocycles. The quantitative estimate of drug-likeness (QED) is 0.872. The van der Waals surface area contributed by atoms with E-state index < -0.39 is 0 Å². The molecule has 0 amide bonds. The van der Waals surface area contributed by atoms with Crippen molar-refractivity contribution in [1.29, 1.82) is 0 Å². The lowest BCUT2D eigenvalue weighted by Crippen LogP contribution is -2.36. The maximum absolute atomic E-state index is 3.66. The Morgan fingerprint density at radius 2 is 1.89 bits per heavy atom. The summed E-state index contributed by atoms with van der Waals surface area (Å²) in [6.07, 6.45) is 4.18. The van der Waals surface area contributed by atoms with Crippen LogP contribution in [0, 0.1) is 13.8 Å². The highest BCUT2D eigenvalue weighted by molar-refractivity contribution is 5.32. The van der Waals surface area contributed by atoms with Crippen LogP contribution in [0.2, 0.25) is 0 Å². The molecule has 1 aromatic carbocycles. The summed E-state index contributed by atoms with van der Waals surface area (Å²) in [5.41, 5.74) is 4.18. The van der Waals surface area contributed by atoms with Gasteiger partial charge in [0.1, 0.15) is 0 Å². The Bertz CT molecular complexity index is 394. The summed E-state index contributed by atoms with van der Waals surface area (Å²) in [6.45, 7) is 11.5. The zero-order valence-corrected chi connectivity index (χ0v) is 12.7. The Morgan fingerprint density at radius 3 is 2.58 bits per heavy atom. The Kier molecular flexibility index (Phi) is 5.41. The highest BCUT2D eigenvalue weighted by Crippen LogP contribution is 2.18. The van der Waals surface area contributed by atoms with E-state index in [2.05, 4.69) is 49.2 Å². The van der Waals surface area contributed by atoms with Gasteiger partial charge in [-0.2, -0.15) is 0 Å². The molecule has 2 nitrogen and oxygen atoms in total. The predicted molar refractivity (Wildman–Crippen MR) is 82.6 cm³/mol. The van der Waals surface area contributed by atoms with Gasteiger partial charge in [0.2, 0.25) is 0 Å². The number of aryl methyl sites for hydroxylation is 2. The van der Waals surface area contributed by atoms with Gasteiger partial charge in [0, 0.05) is 19.1 Å². The summed E-state index contributed by atoms with van der Waals surface area (Å²) in [4.78, 5) is 2.59. The lowest BCUT2D eigenvalue weighted by molar-refractivity contribution is 0.227. The van der Waals surface area contributed by atoms with Gasteiger partial charge >= 0.3 is 0 Å². The molecule has 1 saturated heterocycles.